The summed E-state index contributed by atoms with van der Waals surface area (Å²) in [5, 5.41) is 12.6. The van der Waals surface area contributed by atoms with Crippen molar-refractivity contribution < 1.29 is 18.3 Å². The first-order chi connectivity index (χ1) is 12.7. The molecule has 1 fully saturated rings. The van der Waals surface area contributed by atoms with Crippen LogP contribution in [0.25, 0.3) is 0 Å². The molecule has 3 heterocycles. The van der Waals surface area contributed by atoms with Crippen LogP contribution in [0.15, 0.2) is 12.3 Å². The SMILES string of the molecule is CC(Nc1nc(Cl)nc(N2CCC(C)(O)CC2)c1F)c1ncc(F)cc1F. The molecule has 10 heteroatoms. The maximum atomic E-state index is 14.9. The number of nitrogens with zero attached hydrogens (tertiary/aromatic N) is 4. The van der Waals surface area contributed by atoms with Crippen LogP contribution >= 0.6 is 11.6 Å². The van der Waals surface area contributed by atoms with Gasteiger partial charge in [-0.05, 0) is 38.3 Å². The summed E-state index contributed by atoms with van der Waals surface area (Å²) in [6.07, 6.45) is 1.79. The van der Waals surface area contributed by atoms with Gasteiger partial charge >= 0.3 is 0 Å². The smallest absolute Gasteiger partial charge is 0.226 e. The Kier molecular flexibility index (Phi) is 5.43. The molecule has 2 aromatic heterocycles. The molecular weight excluding hydrogens is 383 g/mol. The zero-order valence-electron chi connectivity index (χ0n) is 14.8. The summed E-state index contributed by atoms with van der Waals surface area (Å²) in [5.74, 6) is -2.60. The summed E-state index contributed by atoms with van der Waals surface area (Å²) >= 11 is 5.93. The van der Waals surface area contributed by atoms with Crippen LogP contribution in [0.2, 0.25) is 5.28 Å². The highest BCUT2D eigenvalue weighted by Gasteiger charge is 2.30. The molecule has 6 nitrogen and oxygen atoms in total. The molecule has 0 bridgehead atoms. The fourth-order valence-corrected chi connectivity index (χ4v) is 3.10. The van der Waals surface area contributed by atoms with Crippen LogP contribution in [-0.4, -0.2) is 38.7 Å². The Balaban J connectivity index is 1.85. The van der Waals surface area contributed by atoms with Gasteiger partial charge in [-0.1, -0.05) is 0 Å². The number of hydrogen-bond acceptors (Lipinski definition) is 6. The maximum Gasteiger partial charge on any atom is 0.226 e. The predicted molar refractivity (Wildman–Crippen MR) is 95.3 cm³/mol. The monoisotopic (exact) mass is 401 g/mol. The van der Waals surface area contributed by atoms with Gasteiger partial charge in [0.2, 0.25) is 11.1 Å². The lowest BCUT2D eigenvalue weighted by Gasteiger charge is -2.36. The predicted octanol–water partition coefficient (Wildman–Crippen LogP) is 3.47. The molecule has 1 atom stereocenters. The molecule has 2 aromatic rings. The van der Waals surface area contributed by atoms with E-state index in [0.29, 0.717) is 32.0 Å². The Morgan fingerprint density at radius 2 is 1.93 bits per heavy atom. The number of pyridine rings is 1. The summed E-state index contributed by atoms with van der Waals surface area (Å²) in [4.78, 5) is 13.2. The van der Waals surface area contributed by atoms with Gasteiger partial charge in [-0.2, -0.15) is 14.4 Å². The van der Waals surface area contributed by atoms with Gasteiger partial charge < -0.3 is 15.3 Å². The first-order valence-electron chi connectivity index (χ1n) is 8.44. The largest absolute Gasteiger partial charge is 0.390 e. The second-order valence-corrected chi connectivity index (χ2v) is 7.19. The molecule has 0 spiro atoms. The number of rotatable bonds is 4. The lowest BCUT2D eigenvalue weighted by molar-refractivity contribution is 0.0349. The number of aromatic nitrogens is 3. The van der Waals surface area contributed by atoms with Gasteiger partial charge in [0.25, 0.3) is 0 Å². The molecule has 2 N–H and O–H groups in total. The molecule has 3 rings (SSSR count). The molecule has 146 valence electrons. The van der Waals surface area contributed by atoms with Crippen LogP contribution in [0.3, 0.4) is 0 Å². The third-order valence-corrected chi connectivity index (χ3v) is 4.72. The highest BCUT2D eigenvalue weighted by Crippen LogP contribution is 2.31. The molecule has 0 aliphatic carbocycles. The molecule has 0 radical (unpaired) electrons. The minimum Gasteiger partial charge on any atom is -0.390 e. The molecule has 0 aromatic carbocycles. The van der Waals surface area contributed by atoms with Crippen molar-refractivity contribution >= 4 is 23.2 Å². The van der Waals surface area contributed by atoms with Crippen LogP contribution in [0.5, 0.6) is 0 Å². The highest BCUT2D eigenvalue weighted by atomic mass is 35.5. The van der Waals surface area contributed by atoms with Crippen LogP contribution < -0.4 is 10.2 Å². The summed E-state index contributed by atoms with van der Waals surface area (Å²) in [7, 11) is 0. The van der Waals surface area contributed by atoms with Crippen molar-refractivity contribution in [3.05, 3.63) is 40.7 Å². The maximum absolute atomic E-state index is 14.9. The van der Waals surface area contributed by atoms with Crippen LogP contribution in [-0.2, 0) is 0 Å². The van der Waals surface area contributed by atoms with Gasteiger partial charge in [0.1, 0.15) is 11.6 Å². The normalized spacial score (nSPS) is 17.7. The molecule has 0 amide bonds. The lowest BCUT2D eigenvalue weighted by atomic mass is 9.94. The summed E-state index contributed by atoms with van der Waals surface area (Å²) in [5.41, 5.74) is -0.883. The Morgan fingerprint density at radius 3 is 2.56 bits per heavy atom. The van der Waals surface area contributed by atoms with Crippen molar-refractivity contribution in [1.82, 2.24) is 15.0 Å². The third-order valence-electron chi connectivity index (χ3n) is 4.55. The molecule has 1 saturated heterocycles. The fraction of sp³-hybridized carbons (Fsp3) is 0.471. The molecular formula is C17H19ClF3N5O. The van der Waals surface area contributed by atoms with Crippen molar-refractivity contribution in [3.8, 4) is 0 Å². The third kappa shape index (κ3) is 4.41. The number of nitrogens with one attached hydrogen (secondary N) is 1. The number of aliphatic hydroxyl groups is 1. The second kappa shape index (κ2) is 7.47. The molecule has 1 unspecified atom stereocenters. The minimum absolute atomic E-state index is 0.00716. The molecule has 1 aliphatic heterocycles. The average Bonchev–Trinajstić information content (AvgIpc) is 2.58. The Hall–Kier alpha value is -2.13. The molecule has 27 heavy (non-hydrogen) atoms. The average molecular weight is 402 g/mol. The van der Waals surface area contributed by atoms with Crippen molar-refractivity contribution in [2.45, 2.75) is 38.3 Å². The van der Waals surface area contributed by atoms with Crippen LogP contribution in [0.4, 0.5) is 24.8 Å². The van der Waals surface area contributed by atoms with E-state index in [0.717, 1.165) is 6.20 Å². The van der Waals surface area contributed by atoms with E-state index < -0.39 is 29.1 Å². The van der Waals surface area contributed by atoms with E-state index >= 15 is 0 Å². The van der Waals surface area contributed by atoms with E-state index in [4.69, 9.17) is 11.6 Å². The Bertz CT molecular complexity index is 842. The van der Waals surface area contributed by atoms with Gasteiger partial charge in [0, 0.05) is 19.2 Å². The van der Waals surface area contributed by atoms with Gasteiger partial charge in [-0.15, -0.1) is 0 Å². The Morgan fingerprint density at radius 1 is 1.26 bits per heavy atom. The molecule has 0 saturated carbocycles. The minimum atomic E-state index is -0.853. The van der Waals surface area contributed by atoms with Crippen molar-refractivity contribution in [2.24, 2.45) is 0 Å². The lowest BCUT2D eigenvalue weighted by Crippen LogP contribution is -2.43. The van der Waals surface area contributed by atoms with E-state index in [1.54, 1.807) is 11.8 Å². The summed E-state index contributed by atoms with van der Waals surface area (Å²) in [6, 6.07) is -0.0875. The topological polar surface area (TPSA) is 74.2 Å². The van der Waals surface area contributed by atoms with Gasteiger partial charge in [-0.25, -0.2) is 8.78 Å². The van der Waals surface area contributed by atoms with E-state index in [2.05, 4.69) is 20.3 Å². The van der Waals surface area contributed by atoms with E-state index in [1.165, 1.54) is 6.92 Å². The fourth-order valence-electron chi connectivity index (χ4n) is 2.93. The standard InChI is InChI=1S/C17H19ClF3N5O/c1-9(13-11(20)7-10(19)8-22-13)23-14-12(21)15(25-16(18)24-14)26-5-3-17(2,27)4-6-26/h7-9,27H,3-6H2,1-2H3,(H,23,24,25). The van der Waals surface area contributed by atoms with Gasteiger partial charge in [0.15, 0.2) is 11.6 Å². The summed E-state index contributed by atoms with van der Waals surface area (Å²) < 4.78 is 41.9. The Labute approximate surface area is 159 Å². The number of anilines is 2. The summed E-state index contributed by atoms with van der Waals surface area (Å²) in [6.45, 7) is 4.07. The van der Waals surface area contributed by atoms with Crippen LogP contribution in [0, 0.1) is 17.5 Å². The first-order valence-corrected chi connectivity index (χ1v) is 8.82. The second-order valence-electron chi connectivity index (χ2n) is 6.85. The number of piperidine rings is 1. The molecule has 1 aliphatic rings. The van der Waals surface area contributed by atoms with Gasteiger partial charge in [-0.3, -0.25) is 4.98 Å². The highest BCUT2D eigenvalue weighted by molar-refractivity contribution is 6.28. The first kappa shape index (κ1) is 19.6. The number of halogens is 4. The van der Waals surface area contributed by atoms with E-state index in [1.807, 2.05) is 0 Å². The number of hydrogen-bond donors (Lipinski definition) is 2. The van der Waals surface area contributed by atoms with E-state index in [-0.39, 0.29) is 22.6 Å². The quantitative estimate of drug-likeness (QED) is 0.764. The van der Waals surface area contributed by atoms with Crippen molar-refractivity contribution in [3.63, 3.8) is 0 Å². The van der Waals surface area contributed by atoms with Crippen LogP contribution in [0.1, 0.15) is 38.4 Å². The van der Waals surface area contributed by atoms with Gasteiger partial charge in [0.05, 0.1) is 23.5 Å². The van der Waals surface area contributed by atoms with Crippen molar-refractivity contribution in [2.75, 3.05) is 23.3 Å². The zero-order valence-corrected chi connectivity index (χ0v) is 15.6. The van der Waals surface area contributed by atoms with E-state index in [9.17, 15) is 18.3 Å². The zero-order chi connectivity index (χ0) is 19.8. The van der Waals surface area contributed by atoms with Crippen molar-refractivity contribution in [1.29, 1.82) is 0 Å².